The average molecular weight is 310 g/mol. The molecule has 0 aliphatic carbocycles. The van der Waals surface area contributed by atoms with Crippen LogP contribution < -0.4 is 0 Å². The molecule has 2 aliphatic rings. The monoisotopic (exact) mass is 309 g/mol. The summed E-state index contributed by atoms with van der Waals surface area (Å²) in [6, 6.07) is 6.93. The van der Waals surface area contributed by atoms with Gasteiger partial charge < -0.3 is 4.74 Å². The summed E-state index contributed by atoms with van der Waals surface area (Å²) in [4.78, 5) is 14.0. The Morgan fingerprint density at radius 3 is 3.11 bits per heavy atom. The maximum absolute atomic E-state index is 12.0. The van der Waals surface area contributed by atoms with Gasteiger partial charge in [-0.25, -0.2) is 4.79 Å². The van der Waals surface area contributed by atoms with Crippen LogP contribution >= 0.6 is 15.9 Å². The number of halogens is 1. The Hall–Kier alpha value is -1.03. The summed E-state index contributed by atoms with van der Waals surface area (Å²) in [6.07, 6.45) is 2.93. The molecule has 2 aliphatic heterocycles. The fraction of sp³-hybridized carbons (Fsp3) is 0.500. The van der Waals surface area contributed by atoms with Gasteiger partial charge in [-0.05, 0) is 49.4 Å². The zero-order valence-corrected chi connectivity index (χ0v) is 11.9. The van der Waals surface area contributed by atoms with E-state index in [4.69, 9.17) is 4.74 Å². The van der Waals surface area contributed by atoms with Gasteiger partial charge in [-0.2, -0.15) is 0 Å². The summed E-state index contributed by atoms with van der Waals surface area (Å²) >= 11 is 3.51. The molecule has 4 heteroatoms. The number of amides is 1. The third-order valence-corrected chi connectivity index (χ3v) is 4.40. The fourth-order valence-electron chi connectivity index (χ4n) is 3.18. The Labute approximate surface area is 115 Å². The molecule has 2 heterocycles. The molecule has 3 rings (SSSR count). The van der Waals surface area contributed by atoms with E-state index >= 15 is 0 Å². The molecular formula is C14H16BrNO2. The average Bonchev–Trinajstić information content (AvgIpc) is 2.67. The summed E-state index contributed by atoms with van der Waals surface area (Å²) in [5.74, 6) is 0. The number of ether oxygens (including phenoxy) is 1. The van der Waals surface area contributed by atoms with Gasteiger partial charge in [-0.3, -0.25) is 4.90 Å². The van der Waals surface area contributed by atoms with Gasteiger partial charge in [0.15, 0.2) is 0 Å². The molecule has 3 nitrogen and oxygen atoms in total. The van der Waals surface area contributed by atoms with Crippen molar-refractivity contribution in [1.29, 1.82) is 0 Å². The minimum Gasteiger partial charge on any atom is -0.450 e. The van der Waals surface area contributed by atoms with Crippen molar-refractivity contribution in [2.24, 2.45) is 0 Å². The Bertz CT molecular complexity index is 489. The molecule has 2 atom stereocenters. The molecule has 1 aromatic carbocycles. The van der Waals surface area contributed by atoms with Crippen LogP contribution in [0.2, 0.25) is 0 Å². The number of hydrogen-bond acceptors (Lipinski definition) is 2. The highest BCUT2D eigenvalue weighted by Crippen LogP contribution is 2.44. The van der Waals surface area contributed by atoms with Crippen molar-refractivity contribution in [2.45, 2.75) is 38.3 Å². The van der Waals surface area contributed by atoms with Crippen LogP contribution in [0.4, 0.5) is 4.79 Å². The van der Waals surface area contributed by atoms with Crippen molar-refractivity contribution in [1.82, 2.24) is 4.90 Å². The van der Waals surface area contributed by atoms with E-state index in [2.05, 4.69) is 34.1 Å². The van der Waals surface area contributed by atoms with Crippen LogP contribution in [-0.4, -0.2) is 23.6 Å². The second-order valence-electron chi connectivity index (χ2n) is 4.90. The van der Waals surface area contributed by atoms with Gasteiger partial charge >= 0.3 is 6.09 Å². The number of fused-ring (bicyclic) bond motifs is 4. The summed E-state index contributed by atoms with van der Waals surface area (Å²) in [5, 5.41) is 0. The summed E-state index contributed by atoms with van der Waals surface area (Å²) in [6.45, 7) is 2.30. The number of benzene rings is 1. The lowest BCUT2D eigenvalue weighted by molar-refractivity contribution is 0.0838. The van der Waals surface area contributed by atoms with E-state index < -0.39 is 0 Å². The van der Waals surface area contributed by atoms with Gasteiger partial charge in [0.2, 0.25) is 0 Å². The normalized spacial score (nSPS) is 24.9. The number of carbonyl (C=O) groups is 1. The molecule has 1 aromatic rings. The lowest BCUT2D eigenvalue weighted by Gasteiger charge is -2.35. The minimum absolute atomic E-state index is 0.157. The standard InChI is InChI=1S/C14H16BrNO2/c1-2-18-14(17)16-11-5-6-13(16)12-8-10(15)4-3-9(12)7-11/h3-4,8,11,13H,2,5-7H2,1H3. The van der Waals surface area contributed by atoms with Gasteiger partial charge in [-0.1, -0.05) is 22.0 Å². The van der Waals surface area contributed by atoms with Crippen molar-refractivity contribution in [3.05, 3.63) is 33.8 Å². The summed E-state index contributed by atoms with van der Waals surface area (Å²) < 4.78 is 6.26. The smallest absolute Gasteiger partial charge is 0.410 e. The van der Waals surface area contributed by atoms with Gasteiger partial charge in [0.05, 0.1) is 12.6 Å². The Kier molecular flexibility index (Phi) is 3.06. The molecule has 0 N–H and O–H groups in total. The second-order valence-corrected chi connectivity index (χ2v) is 5.82. The maximum atomic E-state index is 12.0. The van der Waals surface area contributed by atoms with Crippen molar-refractivity contribution < 1.29 is 9.53 Å². The van der Waals surface area contributed by atoms with Crippen LogP contribution in [0, 0.1) is 0 Å². The zero-order valence-electron chi connectivity index (χ0n) is 10.4. The molecule has 1 amide bonds. The second kappa shape index (κ2) is 4.57. The van der Waals surface area contributed by atoms with Crippen LogP contribution in [0.1, 0.15) is 36.9 Å². The summed E-state index contributed by atoms with van der Waals surface area (Å²) in [7, 11) is 0. The molecule has 0 spiro atoms. The molecule has 0 radical (unpaired) electrons. The largest absolute Gasteiger partial charge is 0.450 e. The maximum Gasteiger partial charge on any atom is 0.410 e. The van der Waals surface area contributed by atoms with Crippen LogP contribution in [0.15, 0.2) is 22.7 Å². The van der Waals surface area contributed by atoms with E-state index in [1.165, 1.54) is 11.1 Å². The van der Waals surface area contributed by atoms with Gasteiger partial charge in [0.1, 0.15) is 0 Å². The Morgan fingerprint density at radius 1 is 1.50 bits per heavy atom. The third kappa shape index (κ3) is 1.83. The van der Waals surface area contributed by atoms with Crippen LogP contribution in [-0.2, 0) is 11.2 Å². The van der Waals surface area contributed by atoms with Crippen molar-refractivity contribution in [3.63, 3.8) is 0 Å². The van der Waals surface area contributed by atoms with Gasteiger partial charge in [0.25, 0.3) is 0 Å². The van der Waals surface area contributed by atoms with Crippen molar-refractivity contribution >= 4 is 22.0 Å². The van der Waals surface area contributed by atoms with Gasteiger partial charge in [0, 0.05) is 10.5 Å². The quantitative estimate of drug-likeness (QED) is 0.792. The highest BCUT2D eigenvalue weighted by Gasteiger charge is 2.43. The first-order chi connectivity index (χ1) is 8.70. The van der Waals surface area contributed by atoms with E-state index in [1.807, 2.05) is 11.8 Å². The molecule has 0 aromatic heterocycles. The number of nitrogens with zero attached hydrogens (tertiary/aromatic N) is 1. The molecule has 1 saturated heterocycles. The van der Waals surface area contributed by atoms with Crippen molar-refractivity contribution in [2.75, 3.05) is 6.61 Å². The molecule has 1 fully saturated rings. The molecular weight excluding hydrogens is 294 g/mol. The zero-order chi connectivity index (χ0) is 12.7. The predicted molar refractivity (Wildman–Crippen MR) is 72.5 cm³/mol. The Morgan fingerprint density at radius 2 is 2.33 bits per heavy atom. The molecule has 2 unspecified atom stereocenters. The predicted octanol–water partition coefficient (Wildman–Crippen LogP) is 3.67. The van der Waals surface area contributed by atoms with Crippen LogP contribution in [0.3, 0.4) is 0 Å². The number of hydrogen-bond donors (Lipinski definition) is 0. The molecule has 18 heavy (non-hydrogen) atoms. The van der Waals surface area contributed by atoms with Crippen LogP contribution in [0.5, 0.6) is 0 Å². The number of carbonyl (C=O) groups excluding carboxylic acids is 1. The molecule has 0 saturated carbocycles. The lowest BCUT2D eigenvalue weighted by atomic mass is 9.94. The molecule has 2 bridgehead atoms. The Balaban J connectivity index is 1.96. The van der Waals surface area contributed by atoms with E-state index in [9.17, 15) is 4.79 Å². The van der Waals surface area contributed by atoms with E-state index in [-0.39, 0.29) is 12.1 Å². The first-order valence-corrected chi connectivity index (χ1v) is 7.23. The van der Waals surface area contributed by atoms with E-state index in [0.717, 1.165) is 23.7 Å². The number of rotatable bonds is 1. The van der Waals surface area contributed by atoms with Gasteiger partial charge in [-0.15, -0.1) is 0 Å². The highest BCUT2D eigenvalue weighted by molar-refractivity contribution is 9.10. The van der Waals surface area contributed by atoms with E-state index in [1.54, 1.807) is 0 Å². The first-order valence-electron chi connectivity index (χ1n) is 6.44. The topological polar surface area (TPSA) is 29.5 Å². The first kappa shape index (κ1) is 12.0. The van der Waals surface area contributed by atoms with Crippen molar-refractivity contribution in [3.8, 4) is 0 Å². The highest BCUT2D eigenvalue weighted by atomic mass is 79.9. The summed E-state index contributed by atoms with van der Waals surface area (Å²) in [5.41, 5.74) is 2.66. The third-order valence-electron chi connectivity index (χ3n) is 3.90. The van der Waals surface area contributed by atoms with E-state index in [0.29, 0.717) is 12.6 Å². The lowest BCUT2D eigenvalue weighted by Crippen LogP contribution is -2.42. The molecule has 96 valence electrons. The minimum atomic E-state index is -0.157. The fourth-order valence-corrected chi connectivity index (χ4v) is 3.56. The SMILES string of the molecule is CCOC(=O)N1C2CCC1c1cc(Br)ccc1C2. The van der Waals surface area contributed by atoms with Crippen LogP contribution in [0.25, 0.3) is 0 Å².